The van der Waals surface area contributed by atoms with Gasteiger partial charge in [-0.05, 0) is 57.4 Å². The fourth-order valence-electron chi connectivity index (χ4n) is 3.42. The van der Waals surface area contributed by atoms with Crippen LogP contribution in [0.3, 0.4) is 0 Å². The predicted octanol–water partition coefficient (Wildman–Crippen LogP) is 3.74. The highest BCUT2D eigenvalue weighted by molar-refractivity contribution is 5.19. The molecule has 1 N–H and O–H groups in total. The van der Waals surface area contributed by atoms with Gasteiger partial charge >= 0.3 is 0 Å². The second kappa shape index (κ2) is 7.19. The molecule has 1 aliphatic rings. The number of nitrogens with one attached hydrogen (secondary N) is 1. The topological polar surface area (TPSA) is 15.3 Å². The van der Waals surface area contributed by atoms with Crippen LogP contribution in [0.25, 0.3) is 0 Å². The molecule has 1 aromatic rings. The third-order valence-electron chi connectivity index (χ3n) is 4.72. The number of rotatable bonds is 6. The van der Waals surface area contributed by atoms with Gasteiger partial charge < -0.3 is 5.32 Å². The highest BCUT2D eigenvalue weighted by Gasteiger charge is 2.29. The standard InChI is InChI=1S/C17H27FN2/c1-4-16-10-5-13(2)20(16)12-11-17(19-3)14-6-8-15(18)9-7-14/h6-9,13,16-17,19H,4-5,10-12H2,1-3H3. The molecule has 0 saturated carbocycles. The molecule has 1 aliphatic heterocycles. The van der Waals surface area contributed by atoms with Crippen molar-refractivity contribution in [1.82, 2.24) is 10.2 Å². The summed E-state index contributed by atoms with van der Waals surface area (Å²) < 4.78 is 13.0. The summed E-state index contributed by atoms with van der Waals surface area (Å²) in [6, 6.07) is 8.63. The fourth-order valence-corrected chi connectivity index (χ4v) is 3.42. The Hall–Kier alpha value is -0.930. The van der Waals surface area contributed by atoms with Crippen molar-refractivity contribution in [3.8, 4) is 0 Å². The van der Waals surface area contributed by atoms with Crippen LogP contribution in [-0.2, 0) is 0 Å². The lowest BCUT2D eigenvalue weighted by molar-refractivity contribution is 0.189. The van der Waals surface area contributed by atoms with Crippen molar-refractivity contribution in [2.24, 2.45) is 0 Å². The average molecular weight is 278 g/mol. The summed E-state index contributed by atoms with van der Waals surface area (Å²) in [7, 11) is 1.98. The largest absolute Gasteiger partial charge is 0.313 e. The molecule has 0 aliphatic carbocycles. The van der Waals surface area contributed by atoms with Gasteiger partial charge in [-0.25, -0.2) is 4.39 Å². The Morgan fingerprint density at radius 3 is 2.60 bits per heavy atom. The zero-order valence-electron chi connectivity index (χ0n) is 12.9. The zero-order chi connectivity index (χ0) is 14.5. The Morgan fingerprint density at radius 1 is 1.30 bits per heavy atom. The van der Waals surface area contributed by atoms with E-state index in [0.29, 0.717) is 12.1 Å². The summed E-state index contributed by atoms with van der Waals surface area (Å²) in [5.74, 6) is -0.164. The number of likely N-dealkylation sites (tertiary alicyclic amines) is 1. The molecule has 1 aromatic carbocycles. The normalized spacial score (nSPS) is 25.0. The first kappa shape index (κ1) is 15.5. The highest BCUT2D eigenvalue weighted by Crippen LogP contribution is 2.27. The van der Waals surface area contributed by atoms with Gasteiger partial charge in [0.2, 0.25) is 0 Å². The molecule has 0 radical (unpaired) electrons. The molecule has 1 fully saturated rings. The second-order valence-corrected chi connectivity index (χ2v) is 5.91. The van der Waals surface area contributed by atoms with Crippen LogP contribution in [0, 0.1) is 5.82 Å². The van der Waals surface area contributed by atoms with E-state index in [0.717, 1.165) is 19.0 Å². The molecule has 2 rings (SSSR count). The van der Waals surface area contributed by atoms with Crippen LogP contribution >= 0.6 is 0 Å². The lowest BCUT2D eigenvalue weighted by Crippen LogP contribution is -2.36. The van der Waals surface area contributed by atoms with Gasteiger partial charge in [0.25, 0.3) is 0 Å². The Morgan fingerprint density at radius 2 is 2.00 bits per heavy atom. The number of hydrogen-bond donors (Lipinski definition) is 1. The maximum absolute atomic E-state index is 13.0. The highest BCUT2D eigenvalue weighted by atomic mass is 19.1. The fraction of sp³-hybridized carbons (Fsp3) is 0.647. The predicted molar refractivity (Wildman–Crippen MR) is 82.3 cm³/mol. The Balaban J connectivity index is 1.95. The van der Waals surface area contributed by atoms with E-state index in [-0.39, 0.29) is 5.82 Å². The van der Waals surface area contributed by atoms with Gasteiger partial charge in [0.1, 0.15) is 5.82 Å². The van der Waals surface area contributed by atoms with Gasteiger partial charge in [0, 0.05) is 24.7 Å². The smallest absolute Gasteiger partial charge is 0.123 e. The second-order valence-electron chi connectivity index (χ2n) is 5.91. The van der Waals surface area contributed by atoms with Crippen LogP contribution in [0.2, 0.25) is 0 Å². The summed E-state index contributed by atoms with van der Waals surface area (Å²) in [5, 5.41) is 3.36. The molecule has 20 heavy (non-hydrogen) atoms. The number of halogens is 1. The summed E-state index contributed by atoms with van der Waals surface area (Å²) in [6.07, 6.45) is 4.96. The molecule has 3 heteroatoms. The minimum atomic E-state index is -0.164. The van der Waals surface area contributed by atoms with Crippen molar-refractivity contribution in [2.75, 3.05) is 13.6 Å². The van der Waals surface area contributed by atoms with Crippen molar-refractivity contribution in [3.63, 3.8) is 0 Å². The average Bonchev–Trinajstić information content (AvgIpc) is 2.82. The van der Waals surface area contributed by atoms with Crippen LogP contribution in [-0.4, -0.2) is 30.6 Å². The van der Waals surface area contributed by atoms with E-state index in [1.165, 1.54) is 24.8 Å². The Kier molecular flexibility index (Phi) is 5.55. The molecular weight excluding hydrogens is 251 g/mol. The van der Waals surface area contributed by atoms with Gasteiger partial charge in [0.15, 0.2) is 0 Å². The molecule has 112 valence electrons. The number of hydrogen-bond acceptors (Lipinski definition) is 2. The van der Waals surface area contributed by atoms with Gasteiger partial charge in [-0.1, -0.05) is 19.1 Å². The maximum atomic E-state index is 13.0. The van der Waals surface area contributed by atoms with E-state index in [1.54, 1.807) is 12.1 Å². The molecule has 0 amide bonds. The van der Waals surface area contributed by atoms with E-state index in [1.807, 2.05) is 19.2 Å². The first-order chi connectivity index (χ1) is 9.65. The van der Waals surface area contributed by atoms with Crippen molar-refractivity contribution in [2.45, 2.75) is 57.7 Å². The van der Waals surface area contributed by atoms with Gasteiger partial charge in [-0.2, -0.15) is 0 Å². The van der Waals surface area contributed by atoms with Crippen LogP contribution < -0.4 is 5.32 Å². The molecular formula is C17H27FN2. The minimum absolute atomic E-state index is 0.164. The molecule has 3 atom stereocenters. The molecule has 2 nitrogen and oxygen atoms in total. The zero-order valence-corrected chi connectivity index (χ0v) is 12.9. The first-order valence-corrected chi connectivity index (χ1v) is 7.84. The monoisotopic (exact) mass is 278 g/mol. The molecule has 0 bridgehead atoms. The van der Waals surface area contributed by atoms with E-state index in [4.69, 9.17) is 0 Å². The Labute approximate surface area is 122 Å². The molecule has 1 heterocycles. The van der Waals surface area contributed by atoms with E-state index in [2.05, 4.69) is 24.1 Å². The van der Waals surface area contributed by atoms with Crippen molar-refractivity contribution < 1.29 is 4.39 Å². The summed E-state index contributed by atoms with van der Waals surface area (Å²) in [4.78, 5) is 2.65. The Bertz CT molecular complexity index is 404. The van der Waals surface area contributed by atoms with Crippen molar-refractivity contribution in [1.29, 1.82) is 0 Å². The van der Waals surface area contributed by atoms with Gasteiger partial charge in [-0.3, -0.25) is 4.90 Å². The number of benzene rings is 1. The number of nitrogens with zero attached hydrogens (tertiary/aromatic N) is 1. The quantitative estimate of drug-likeness (QED) is 0.853. The van der Waals surface area contributed by atoms with E-state index < -0.39 is 0 Å². The van der Waals surface area contributed by atoms with E-state index in [9.17, 15) is 4.39 Å². The third-order valence-corrected chi connectivity index (χ3v) is 4.72. The SMILES string of the molecule is CCC1CCC(C)N1CCC(NC)c1ccc(F)cc1. The summed E-state index contributed by atoms with van der Waals surface area (Å²) in [5.41, 5.74) is 1.17. The van der Waals surface area contributed by atoms with Crippen LogP contribution in [0.1, 0.15) is 51.1 Å². The summed E-state index contributed by atoms with van der Waals surface area (Å²) >= 11 is 0. The first-order valence-electron chi connectivity index (χ1n) is 7.84. The van der Waals surface area contributed by atoms with Gasteiger partial charge in [-0.15, -0.1) is 0 Å². The van der Waals surface area contributed by atoms with Crippen molar-refractivity contribution >= 4 is 0 Å². The van der Waals surface area contributed by atoms with Crippen LogP contribution in [0.15, 0.2) is 24.3 Å². The summed E-state index contributed by atoms with van der Waals surface area (Å²) in [6.45, 7) is 5.73. The molecule has 1 saturated heterocycles. The van der Waals surface area contributed by atoms with Crippen molar-refractivity contribution in [3.05, 3.63) is 35.6 Å². The molecule has 3 unspecified atom stereocenters. The van der Waals surface area contributed by atoms with Crippen LogP contribution in [0.4, 0.5) is 4.39 Å². The lowest BCUT2D eigenvalue weighted by atomic mass is 10.0. The minimum Gasteiger partial charge on any atom is -0.313 e. The molecule has 0 spiro atoms. The van der Waals surface area contributed by atoms with Gasteiger partial charge in [0.05, 0.1) is 0 Å². The maximum Gasteiger partial charge on any atom is 0.123 e. The lowest BCUT2D eigenvalue weighted by Gasteiger charge is -2.29. The third kappa shape index (κ3) is 3.58. The van der Waals surface area contributed by atoms with E-state index >= 15 is 0 Å². The molecule has 0 aromatic heterocycles. The van der Waals surface area contributed by atoms with Crippen LogP contribution in [0.5, 0.6) is 0 Å².